The number of rotatable bonds is 6. The highest BCUT2D eigenvalue weighted by molar-refractivity contribution is 5.68. The SMILES string of the molecule is N#Cc1ccnc(NCCOCC(F)F)c1N. The van der Waals surface area contributed by atoms with Crippen LogP contribution in [0.5, 0.6) is 0 Å². The summed E-state index contributed by atoms with van der Waals surface area (Å²) in [5, 5.41) is 11.5. The van der Waals surface area contributed by atoms with Crippen LogP contribution in [0.25, 0.3) is 0 Å². The topological polar surface area (TPSA) is 84.0 Å². The number of nitriles is 1. The standard InChI is InChI=1S/C10H12F2N4O/c11-8(12)6-17-4-3-16-10-9(14)7(5-13)1-2-15-10/h1-2,8H,3-4,6,14H2,(H,15,16). The van der Waals surface area contributed by atoms with E-state index in [0.29, 0.717) is 17.9 Å². The van der Waals surface area contributed by atoms with E-state index in [4.69, 9.17) is 11.0 Å². The van der Waals surface area contributed by atoms with Gasteiger partial charge in [0.15, 0.2) is 5.82 Å². The molecule has 0 saturated carbocycles. The number of pyridine rings is 1. The Bertz CT molecular complexity index is 406. The molecule has 3 N–H and O–H groups in total. The molecule has 0 aliphatic rings. The number of hydrogen-bond donors (Lipinski definition) is 2. The molecule has 0 fully saturated rings. The minimum atomic E-state index is -2.47. The number of halogens is 2. The summed E-state index contributed by atoms with van der Waals surface area (Å²) >= 11 is 0. The lowest BCUT2D eigenvalue weighted by Crippen LogP contribution is -2.14. The third-order valence-electron chi connectivity index (χ3n) is 1.89. The second-order valence-corrected chi connectivity index (χ2v) is 3.13. The van der Waals surface area contributed by atoms with Gasteiger partial charge in [-0.1, -0.05) is 0 Å². The van der Waals surface area contributed by atoms with Gasteiger partial charge in [0, 0.05) is 12.7 Å². The van der Waals surface area contributed by atoms with Crippen molar-refractivity contribution in [2.24, 2.45) is 0 Å². The lowest BCUT2D eigenvalue weighted by molar-refractivity contribution is 0.0215. The first-order valence-corrected chi connectivity index (χ1v) is 4.89. The largest absolute Gasteiger partial charge is 0.395 e. The van der Waals surface area contributed by atoms with Crippen molar-refractivity contribution in [2.75, 3.05) is 30.8 Å². The Labute approximate surface area is 97.2 Å². The summed E-state index contributed by atoms with van der Waals surface area (Å²) in [7, 11) is 0. The summed E-state index contributed by atoms with van der Waals surface area (Å²) < 4.78 is 28.1. The Morgan fingerprint density at radius 3 is 3.00 bits per heavy atom. The highest BCUT2D eigenvalue weighted by Gasteiger charge is 2.05. The first-order chi connectivity index (χ1) is 8.15. The molecular weight excluding hydrogens is 230 g/mol. The Kier molecular flexibility index (Phi) is 5.10. The number of ether oxygens (including phenoxy) is 1. The van der Waals surface area contributed by atoms with Crippen LogP contribution >= 0.6 is 0 Å². The monoisotopic (exact) mass is 242 g/mol. The fraction of sp³-hybridized carbons (Fsp3) is 0.400. The molecule has 92 valence electrons. The Morgan fingerprint density at radius 2 is 2.35 bits per heavy atom. The minimum Gasteiger partial charge on any atom is -0.395 e. The molecule has 0 radical (unpaired) electrons. The fourth-order valence-electron chi connectivity index (χ4n) is 1.13. The average molecular weight is 242 g/mol. The van der Waals surface area contributed by atoms with Crippen LogP contribution in [0.4, 0.5) is 20.3 Å². The summed E-state index contributed by atoms with van der Waals surface area (Å²) in [6.45, 7) is -0.191. The van der Waals surface area contributed by atoms with E-state index in [1.807, 2.05) is 6.07 Å². The van der Waals surface area contributed by atoms with Crippen molar-refractivity contribution in [3.8, 4) is 6.07 Å². The van der Waals surface area contributed by atoms with Gasteiger partial charge in [0.05, 0.1) is 17.9 Å². The van der Waals surface area contributed by atoms with Crippen molar-refractivity contribution in [1.29, 1.82) is 5.26 Å². The van der Waals surface area contributed by atoms with Crippen molar-refractivity contribution in [1.82, 2.24) is 4.98 Å². The lowest BCUT2D eigenvalue weighted by Gasteiger charge is -2.09. The molecule has 1 rings (SSSR count). The quantitative estimate of drug-likeness (QED) is 0.733. The van der Waals surface area contributed by atoms with Crippen molar-refractivity contribution in [2.45, 2.75) is 6.43 Å². The third kappa shape index (κ3) is 4.20. The molecule has 0 bridgehead atoms. The van der Waals surface area contributed by atoms with Crippen molar-refractivity contribution in [3.05, 3.63) is 17.8 Å². The molecule has 0 aliphatic carbocycles. The van der Waals surface area contributed by atoms with E-state index in [1.54, 1.807) is 0 Å². The Morgan fingerprint density at radius 1 is 1.59 bits per heavy atom. The van der Waals surface area contributed by atoms with E-state index in [2.05, 4.69) is 15.0 Å². The van der Waals surface area contributed by atoms with Gasteiger partial charge in [0.1, 0.15) is 12.7 Å². The van der Waals surface area contributed by atoms with Gasteiger partial charge in [-0.05, 0) is 6.07 Å². The zero-order chi connectivity index (χ0) is 12.7. The average Bonchev–Trinajstić information content (AvgIpc) is 2.30. The van der Waals surface area contributed by atoms with Gasteiger partial charge in [-0.15, -0.1) is 0 Å². The molecule has 0 aliphatic heterocycles. The molecule has 0 spiro atoms. The normalized spacial score (nSPS) is 10.2. The zero-order valence-electron chi connectivity index (χ0n) is 8.99. The van der Waals surface area contributed by atoms with E-state index in [9.17, 15) is 8.78 Å². The van der Waals surface area contributed by atoms with Gasteiger partial charge in [0.25, 0.3) is 6.43 Å². The molecule has 0 amide bonds. The smallest absolute Gasteiger partial charge is 0.261 e. The van der Waals surface area contributed by atoms with Crippen LogP contribution in [0.15, 0.2) is 12.3 Å². The van der Waals surface area contributed by atoms with Crippen LogP contribution in [-0.2, 0) is 4.74 Å². The highest BCUT2D eigenvalue weighted by Crippen LogP contribution is 2.18. The van der Waals surface area contributed by atoms with Crippen molar-refractivity contribution < 1.29 is 13.5 Å². The molecule has 1 aromatic rings. The number of nitrogens with one attached hydrogen (secondary N) is 1. The summed E-state index contributed by atoms with van der Waals surface area (Å²) in [5.41, 5.74) is 6.20. The molecule has 0 atom stereocenters. The van der Waals surface area contributed by atoms with E-state index in [1.165, 1.54) is 12.3 Å². The van der Waals surface area contributed by atoms with Crippen molar-refractivity contribution >= 4 is 11.5 Å². The molecule has 0 unspecified atom stereocenters. The van der Waals surface area contributed by atoms with Gasteiger partial charge in [0.2, 0.25) is 0 Å². The van der Waals surface area contributed by atoms with E-state index in [-0.39, 0.29) is 12.3 Å². The first-order valence-electron chi connectivity index (χ1n) is 4.89. The first kappa shape index (κ1) is 13.1. The van der Waals surface area contributed by atoms with E-state index < -0.39 is 13.0 Å². The maximum atomic E-state index is 11.7. The molecule has 7 heteroatoms. The highest BCUT2D eigenvalue weighted by atomic mass is 19.3. The van der Waals surface area contributed by atoms with Crippen LogP contribution in [0.3, 0.4) is 0 Å². The summed E-state index contributed by atoms with van der Waals surface area (Å²) in [6, 6.07) is 3.41. The fourth-order valence-corrected chi connectivity index (χ4v) is 1.13. The summed E-state index contributed by atoms with van der Waals surface area (Å²) in [5.74, 6) is 0.352. The second-order valence-electron chi connectivity index (χ2n) is 3.13. The maximum Gasteiger partial charge on any atom is 0.261 e. The second kappa shape index (κ2) is 6.60. The van der Waals surface area contributed by atoms with Crippen LogP contribution in [-0.4, -0.2) is 31.2 Å². The van der Waals surface area contributed by atoms with Gasteiger partial charge < -0.3 is 15.8 Å². The van der Waals surface area contributed by atoms with Gasteiger partial charge >= 0.3 is 0 Å². The van der Waals surface area contributed by atoms with Gasteiger partial charge in [-0.2, -0.15) is 5.26 Å². The number of anilines is 2. The van der Waals surface area contributed by atoms with Gasteiger partial charge in [-0.25, -0.2) is 13.8 Å². The molecule has 1 aromatic heterocycles. The van der Waals surface area contributed by atoms with Crippen LogP contribution in [0.2, 0.25) is 0 Å². The predicted molar refractivity (Wildman–Crippen MR) is 58.7 cm³/mol. The molecular formula is C10H12F2N4O. The zero-order valence-corrected chi connectivity index (χ0v) is 8.99. The van der Waals surface area contributed by atoms with Crippen LogP contribution in [0, 0.1) is 11.3 Å². The summed E-state index contributed by atoms with van der Waals surface area (Å²) in [4.78, 5) is 3.93. The van der Waals surface area contributed by atoms with E-state index in [0.717, 1.165) is 0 Å². The van der Waals surface area contributed by atoms with Crippen molar-refractivity contribution in [3.63, 3.8) is 0 Å². The number of alkyl halides is 2. The maximum absolute atomic E-state index is 11.7. The molecule has 1 heterocycles. The Hall–Kier alpha value is -1.94. The van der Waals surface area contributed by atoms with E-state index >= 15 is 0 Å². The van der Waals surface area contributed by atoms with Crippen LogP contribution < -0.4 is 11.1 Å². The Balaban J connectivity index is 2.40. The number of hydrogen-bond acceptors (Lipinski definition) is 5. The molecule has 5 nitrogen and oxygen atoms in total. The minimum absolute atomic E-state index is 0.113. The number of nitrogen functional groups attached to an aromatic ring is 1. The predicted octanol–water partition coefficient (Wildman–Crippen LogP) is 1.23. The van der Waals surface area contributed by atoms with Crippen LogP contribution in [0.1, 0.15) is 5.56 Å². The number of nitrogens with two attached hydrogens (primary N) is 1. The molecule has 0 saturated heterocycles. The van der Waals surface area contributed by atoms with Gasteiger partial charge in [-0.3, -0.25) is 0 Å². The lowest BCUT2D eigenvalue weighted by atomic mass is 10.2. The molecule has 17 heavy (non-hydrogen) atoms. The summed E-state index contributed by atoms with van der Waals surface area (Å²) in [6.07, 6.45) is -1.03. The number of aromatic nitrogens is 1. The molecule has 0 aromatic carbocycles. The third-order valence-corrected chi connectivity index (χ3v) is 1.89. The number of nitrogens with zero attached hydrogens (tertiary/aromatic N) is 2.